The Balaban J connectivity index is 2.53. The number of carbonyl (C=O) groups excluding carboxylic acids is 1. The predicted molar refractivity (Wildman–Crippen MR) is 84.6 cm³/mol. The van der Waals surface area contributed by atoms with Crippen molar-refractivity contribution in [2.24, 2.45) is 0 Å². The number of esters is 1. The van der Waals surface area contributed by atoms with E-state index in [9.17, 15) is 4.79 Å². The minimum atomic E-state index is -0.372. The number of ether oxygens (including phenoxy) is 1. The molecule has 1 heterocycles. The van der Waals surface area contributed by atoms with Crippen molar-refractivity contribution in [3.63, 3.8) is 0 Å². The highest BCUT2D eigenvalue weighted by Crippen LogP contribution is 2.39. The van der Waals surface area contributed by atoms with Gasteiger partial charge in [-0.15, -0.1) is 11.3 Å². The standard InChI is InChI=1S/C15H16ClNO2S/c1-4-19-15(18)14-12(17)9(3)13(20-14)10-5-8(2)6-11(16)7-10/h5-7H,4,17H2,1-3H3. The fourth-order valence-corrected chi connectivity index (χ4v) is 3.42. The number of nitrogen functional groups attached to an aromatic ring is 1. The quantitative estimate of drug-likeness (QED) is 0.852. The maximum absolute atomic E-state index is 11.9. The van der Waals surface area contributed by atoms with E-state index in [1.807, 2.05) is 32.0 Å². The molecule has 0 bridgehead atoms. The molecule has 1 aromatic heterocycles. The first-order valence-electron chi connectivity index (χ1n) is 6.27. The summed E-state index contributed by atoms with van der Waals surface area (Å²) in [5.41, 5.74) is 9.44. The lowest BCUT2D eigenvalue weighted by Gasteiger charge is -2.03. The monoisotopic (exact) mass is 309 g/mol. The molecule has 20 heavy (non-hydrogen) atoms. The van der Waals surface area contributed by atoms with Gasteiger partial charge in [0.05, 0.1) is 12.3 Å². The largest absolute Gasteiger partial charge is 0.462 e. The Labute approximate surface area is 127 Å². The van der Waals surface area contributed by atoms with Crippen molar-refractivity contribution in [2.45, 2.75) is 20.8 Å². The second kappa shape index (κ2) is 5.85. The minimum Gasteiger partial charge on any atom is -0.462 e. The zero-order valence-corrected chi connectivity index (χ0v) is 13.2. The number of anilines is 1. The average Bonchev–Trinajstić information content (AvgIpc) is 2.66. The molecule has 0 aliphatic rings. The highest BCUT2D eigenvalue weighted by atomic mass is 35.5. The maximum atomic E-state index is 11.9. The van der Waals surface area contributed by atoms with Crippen LogP contribution in [0.2, 0.25) is 5.02 Å². The van der Waals surface area contributed by atoms with E-state index in [1.54, 1.807) is 6.92 Å². The normalized spacial score (nSPS) is 10.6. The molecular formula is C15H16ClNO2S. The third kappa shape index (κ3) is 2.81. The van der Waals surface area contributed by atoms with Crippen LogP contribution in [0.25, 0.3) is 10.4 Å². The second-order valence-electron chi connectivity index (χ2n) is 4.54. The van der Waals surface area contributed by atoms with E-state index in [2.05, 4.69) is 0 Å². The molecule has 0 radical (unpaired) electrons. The Morgan fingerprint density at radius 1 is 1.35 bits per heavy atom. The maximum Gasteiger partial charge on any atom is 0.350 e. The van der Waals surface area contributed by atoms with Crippen LogP contribution in [-0.4, -0.2) is 12.6 Å². The van der Waals surface area contributed by atoms with E-state index in [0.29, 0.717) is 22.2 Å². The molecule has 0 unspecified atom stereocenters. The summed E-state index contributed by atoms with van der Waals surface area (Å²) in [6, 6.07) is 5.80. The number of rotatable bonds is 3. The fourth-order valence-electron chi connectivity index (χ4n) is 2.02. The molecule has 0 amide bonds. The molecule has 0 fully saturated rings. The molecular weight excluding hydrogens is 294 g/mol. The number of nitrogens with two attached hydrogens (primary N) is 1. The van der Waals surface area contributed by atoms with Gasteiger partial charge >= 0.3 is 5.97 Å². The van der Waals surface area contributed by atoms with Gasteiger partial charge in [0.25, 0.3) is 0 Å². The van der Waals surface area contributed by atoms with Crippen LogP contribution in [0.15, 0.2) is 18.2 Å². The lowest BCUT2D eigenvalue weighted by molar-refractivity contribution is 0.0533. The summed E-state index contributed by atoms with van der Waals surface area (Å²) in [6.45, 7) is 5.99. The van der Waals surface area contributed by atoms with Crippen LogP contribution in [0.5, 0.6) is 0 Å². The second-order valence-corrected chi connectivity index (χ2v) is 5.99. The van der Waals surface area contributed by atoms with Crippen LogP contribution in [0.3, 0.4) is 0 Å². The Bertz CT molecular complexity index is 644. The van der Waals surface area contributed by atoms with Gasteiger partial charge in [0, 0.05) is 9.90 Å². The van der Waals surface area contributed by atoms with Crippen molar-refractivity contribution >= 4 is 34.6 Å². The number of benzene rings is 1. The summed E-state index contributed by atoms with van der Waals surface area (Å²) in [7, 11) is 0. The first-order chi connectivity index (χ1) is 9.43. The fraction of sp³-hybridized carbons (Fsp3) is 0.267. The van der Waals surface area contributed by atoms with Crippen molar-refractivity contribution in [3.8, 4) is 10.4 Å². The van der Waals surface area contributed by atoms with E-state index in [0.717, 1.165) is 21.6 Å². The number of thiophene rings is 1. The summed E-state index contributed by atoms with van der Waals surface area (Å²) >= 11 is 7.44. The Morgan fingerprint density at radius 2 is 2.05 bits per heavy atom. The molecule has 0 aliphatic carbocycles. The molecule has 106 valence electrons. The Hall–Kier alpha value is -1.52. The molecule has 2 N–H and O–H groups in total. The zero-order chi connectivity index (χ0) is 14.9. The number of halogens is 1. The summed E-state index contributed by atoms with van der Waals surface area (Å²) in [4.78, 5) is 13.3. The Morgan fingerprint density at radius 3 is 2.65 bits per heavy atom. The van der Waals surface area contributed by atoms with Crippen molar-refractivity contribution in [1.82, 2.24) is 0 Å². The lowest BCUT2D eigenvalue weighted by atomic mass is 10.1. The van der Waals surface area contributed by atoms with E-state index in [1.165, 1.54) is 11.3 Å². The van der Waals surface area contributed by atoms with Crippen molar-refractivity contribution in [2.75, 3.05) is 12.3 Å². The van der Waals surface area contributed by atoms with Gasteiger partial charge in [0.1, 0.15) is 4.88 Å². The average molecular weight is 310 g/mol. The predicted octanol–water partition coefficient (Wildman–Crippen LogP) is 4.44. The van der Waals surface area contributed by atoms with Crippen molar-refractivity contribution in [3.05, 3.63) is 39.2 Å². The van der Waals surface area contributed by atoms with E-state index < -0.39 is 0 Å². The highest BCUT2D eigenvalue weighted by Gasteiger charge is 2.20. The van der Waals surface area contributed by atoms with Gasteiger partial charge < -0.3 is 10.5 Å². The molecule has 0 atom stereocenters. The summed E-state index contributed by atoms with van der Waals surface area (Å²) in [5.74, 6) is -0.372. The van der Waals surface area contributed by atoms with Crippen LogP contribution >= 0.6 is 22.9 Å². The lowest BCUT2D eigenvalue weighted by Crippen LogP contribution is -2.05. The summed E-state index contributed by atoms with van der Waals surface area (Å²) in [5, 5.41) is 0.670. The molecule has 2 aromatic rings. The van der Waals surface area contributed by atoms with Crippen LogP contribution in [0, 0.1) is 13.8 Å². The molecule has 2 rings (SSSR count). The van der Waals surface area contributed by atoms with Gasteiger partial charge in [0.15, 0.2) is 0 Å². The van der Waals surface area contributed by atoms with Gasteiger partial charge in [-0.25, -0.2) is 4.79 Å². The number of hydrogen-bond donors (Lipinski definition) is 1. The molecule has 0 saturated carbocycles. The van der Waals surface area contributed by atoms with Gasteiger partial charge in [-0.05, 0) is 49.6 Å². The van der Waals surface area contributed by atoms with Crippen LogP contribution in [-0.2, 0) is 4.74 Å². The van der Waals surface area contributed by atoms with Gasteiger partial charge in [-0.1, -0.05) is 17.7 Å². The van der Waals surface area contributed by atoms with Crippen LogP contribution in [0.4, 0.5) is 5.69 Å². The third-order valence-electron chi connectivity index (χ3n) is 2.96. The molecule has 0 spiro atoms. The topological polar surface area (TPSA) is 52.3 Å². The van der Waals surface area contributed by atoms with E-state index >= 15 is 0 Å². The molecule has 1 aromatic carbocycles. The van der Waals surface area contributed by atoms with E-state index in [4.69, 9.17) is 22.1 Å². The molecule has 3 nitrogen and oxygen atoms in total. The minimum absolute atomic E-state index is 0.334. The van der Waals surface area contributed by atoms with Gasteiger partial charge in [0.2, 0.25) is 0 Å². The van der Waals surface area contributed by atoms with Crippen molar-refractivity contribution in [1.29, 1.82) is 0 Å². The summed E-state index contributed by atoms with van der Waals surface area (Å²) in [6.07, 6.45) is 0. The first-order valence-corrected chi connectivity index (χ1v) is 7.47. The molecule has 5 heteroatoms. The van der Waals surface area contributed by atoms with Crippen molar-refractivity contribution < 1.29 is 9.53 Å². The Kier molecular flexibility index (Phi) is 4.35. The van der Waals surface area contributed by atoms with Crippen LogP contribution < -0.4 is 5.73 Å². The van der Waals surface area contributed by atoms with Gasteiger partial charge in [-0.2, -0.15) is 0 Å². The number of aryl methyl sites for hydroxylation is 1. The zero-order valence-electron chi connectivity index (χ0n) is 11.6. The van der Waals surface area contributed by atoms with Crippen LogP contribution in [0.1, 0.15) is 27.7 Å². The first kappa shape index (κ1) is 14.9. The van der Waals surface area contributed by atoms with E-state index in [-0.39, 0.29) is 5.97 Å². The van der Waals surface area contributed by atoms with Gasteiger partial charge in [-0.3, -0.25) is 0 Å². The SMILES string of the molecule is CCOC(=O)c1sc(-c2cc(C)cc(Cl)c2)c(C)c1N. The smallest absolute Gasteiger partial charge is 0.350 e. The third-order valence-corrected chi connectivity index (χ3v) is 4.51. The highest BCUT2D eigenvalue weighted by molar-refractivity contribution is 7.18. The number of carbonyl (C=O) groups is 1. The number of hydrogen-bond acceptors (Lipinski definition) is 4. The molecule has 0 saturated heterocycles. The summed E-state index contributed by atoms with van der Waals surface area (Å²) < 4.78 is 5.03. The molecule has 0 aliphatic heterocycles.